The van der Waals surface area contributed by atoms with Gasteiger partial charge in [-0.2, -0.15) is 5.10 Å². The second-order valence-electron chi connectivity index (χ2n) is 12.4. The van der Waals surface area contributed by atoms with Crippen molar-refractivity contribution in [2.75, 3.05) is 33.7 Å². The van der Waals surface area contributed by atoms with Crippen molar-refractivity contribution in [2.45, 2.75) is 58.9 Å². The van der Waals surface area contributed by atoms with Crippen molar-refractivity contribution >= 4 is 22.9 Å². The normalized spacial score (nSPS) is 12.7. The summed E-state index contributed by atoms with van der Waals surface area (Å²) in [5, 5.41) is 17.6. The quantitative estimate of drug-likeness (QED) is 0.285. The number of hydrogen-bond donors (Lipinski definition) is 2. The van der Waals surface area contributed by atoms with E-state index in [0.717, 1.165) is 30.8 Å². The minimum absolute atomic E-state index is 0.0803. The van der Waals surface area contributed by atoms with Crippen LogP contribution in [0.5, 0.6) is 5.75 Å². The van der Waals surface area contributed by atoms with E-state index < -0.39 is 0 Å². The van der Waals surface area contributed by atoms with Crippen molar-refractivity contribution in [1.29, 1.82) is 0 Å². The third-order valence-corrected chi connectivity index (χ3v) is 6.80. The van der Waals surface area contributed by atoms with Gasteiger partial charge in [-0.25, -0.2) is 5.43 Å². The predicted octanol–water partition coefficient (Wildman–Crippen LogP) is 5.65. The number of phenolic OH excluding ortho intramolecular Hbond substituents is 1. The topological polar surface area (TPSA) is 68.2 Å². The average molecular weight is 517 g/mol. The summed E-state index contributed by atoms with van der Waals surface area (Å²) in [7, 11) is 4.04. The molecule has 204 valence electrons. The lowest BCUT2D eigenvalue weighted by atomic mass is 9.79. The van der Waals surface area contributed by atoms with Gasteiger partial charge < -0.3 is 10.0 Å². The lowest BCUT2D eigenvalue weighted by Gasteiger charge is -2.26. The van der Waals surface area contributed by atoms with Crippen molar-refractivity contribution in [3.05, 3.63) is 76.9 Å². The van der Waals surface area contributed by atoms with Gasteiger partial charge in [-0.3, -0.25) is 9.69 Å². The highest BCUT2D eigenvalue weighted by atomic mass is 16.3. The predicted molar refractivity (Wildman–Crippen MR) is 159 cm³/mol. The summed E-state index contributed by atoms with van der Waals surface area (Å²) in [5.74, 6) is 0.0119. The Bertz CT molecular complexity index is 1280. The van der Waals surface area contributed by atoms with E-state index in [1.165, 1.54) is 22.6 Å². The van der Waals surface area contributed by atoms with Gasteiger partial charge >= 0.3 is 0 Å². The van der Waals surface area contributed by atoms with E-state index in [1.54, 1.807) is 0 Å². The molecule has 0 fully saturated rings. The van der Waals surface area contributed by atoms with Gasteiger partial charge in [-0.1, -0.05) is 90.1 Å². The zero-order valence-electron chi connectivity index (χ0n) is 24.3. The highest BCUT2D eigenvalue weighted by molar-refractivity contribution is 5.87. The molecule has 6 nitrogen and oxygen atoms in total. The molecule has 3 rings (SSSR count). The fraction of sp³-hybridized carbons (Fsp3) is 0.438. The molecule has 0 saturated carbocycles. The second-order valence-corrected chi connectivity index (χ2v) is 12.4. The van der Waals surface area contributed by atoms with E-state index in [4.69, 9.17) is 0 Å². The number of nitrogens with zero attached hydrogens (tertiary/aromatic N) is 3. The summed E-state index contributed by atoms with van der Waals surface area (Å²) in [5.41, 5.74) is 6.20. The maximum absolute atomic E-state index is 12.5. The summed E-state index contributed by atoms with van der Waals surface area (Å²) >= 11 is 0. The second kappa shape index (κ2) is 12.1. The molecule has 0 spiro atoms. The Morgan fingerprint density at radius 3 is 2.26 bits per heavy atom. The summed E-state index contributed by atoms with van der Waals surface area (Å²) < 4.78 is 0. The molecular weight excluding hydrogens is 472 g/mol. The molecule has 2 N–H and O–H groups in total. The molecule has 0 bridgehead atoms. The number of nitrogens with one attached hydrogen (secondary N) is 1. The zero-order chi connectivity index (χ0) is 28.1. The number of likely N-dealkylation sites (N-methyl/N-ethyl adjacent to an activating group) is 2. The highest BCUT2D eigenvalue weighted by Crippen LogP contribution is 2.37. The summed E-state index contributed by atoms with van der Waals surface area (Å²) in [6.07, 6.45) is 1.54. The van der Waals surface area contributed by atoms with Crippen LogP contribution in [0.2, 0.25) is 0 Å². The third-order valence-electron chi connectivity index (χ3n) is 6.80. The standard InChI is InChI=1S/C32H44N4O2/c1-31(2,3)26-18-25(30(38)28(19-26)32(4,5)6)20-33-34-29(37)22-36(8)17-16-35(7)21-24-14-11-13-23-12-9-10-15-27(23)24/h9-15,18-20,38H,16-17,21-22H2,1-8H3,(H,34,37)/b33-20+. The molecular formula is C32H44N4O2. The number of amides is 1. The van der Waals surface area contributed by atoms with Crippen LogP contribution in [0.4, 0.5) is 0 Å². The van der Waals surface area contributed by atoms with E-state index >= 15 is 0 Å². The molecule has 1 amide bonds. The van der Waals surface area contributed by atoms with Gasteiger partial charge in [0.25, 0.3) is 5.91 Å². The molecule has 0 saturated heterocycles. The highest BCUT2D eigenvalue weighted by Gasteiger charge is 2.24. The molecule has 0 unspecified atom stereocenters. The van der Waals surface area contributed by atoms with E-state index in [2.05, 4.69) is 113 Å². The Labute approximate surface area is 228 Å². The number of hydrazone groups is 1. The van der Waals surface area contributed by atoms with Crippen LogP contribution in [-0.4, -0.2) is 60.8 Å². The number of hydrogen-bond acceptors (Lipinski definition) is 5. The lowest BCUT2D eigenvalue weighted by Crippen LogP contribution is -2.37. The number of carbonyl (C=O) groups is 1. The van der Waals surface area contributed by atoms with Crippen LogP contribution in [0.15, 0.2) is 59.7 Å². The van der Waals surface area contributed by atoms with Gasteiger partial charge in [0.15, 0.2) is 0 Å². The van der Waals surface area contributed by atoms with Gasteiger partial charge in [0.05, 0.1) is 12.8 Å². The molecule has 0 aliphatic rings. The first-order valence-corrected chi connectivity index (χ1v) is 13.3. The van der Waals surface area contributed by atoms with Gasteiger partial charge in [0.2, 0.25) is 0 Å². The molecule has 0 aliphatic carbocycles. The van der Waals surface area contributed by atoms with Crippen molar-refractivity contribution in [3.63, 3.8) is 0 Å². The van der Waals surface area contributed by atoms with Crippen LogP contribution in [-0.2, 0) is 22.2 Å². The Balaban J connectivity index is 1.55. The molecule has 3 aromatic rings. The monoisotopic (exact) mass is 516 g/mol. The minimum Gasteiger partial charge on any atom is -0.507 e. The number of phenols is 1. The minimum atomic E-state index is -0.222. The first-order valence-electron chi connectivity index (χ1n) is 13.3. The smallest absolute Gasteiger partial charge is 0.254 e. The molecule has 3 aromatic carbocycles. The first-order chi connectivity index (χ1) is 17.8. The van der Waals surface area contributed by atoms with Gasteiger partial charge in [-0.15, -0.1) is 0 Å². The lowest BCUT2D eigenvalue weighted by molar-refractivity contribution is -0.121. The van der Waals surface area contributed by atoms with Gasteiger partial charge in [0.1, 0.15) is 5.75 Å². The fourth-order valence-electron chi connectivity index (χ4n) is 4.44. The SMILES string of the molecule is CN(CCN(C)Cc1cccc2ccccc12)CC(=O)N/N=C/c1cc(C(C)(C)C)cc(C(C)(C)C)c1O. The Hall–Kier alpha value is -3.22. The molecule has 6 heteroatoms. The van der Waals surface area contributed by atoms with E-state index in [0.29, 0.717) is 5.56 Å². The van der Waals surface area contributed by atoms with Crippen LogP contribution in [0.3, 0.4) is 0 Å². The maximum atomic E-state index is 12.5. The number of aromatic hydroxyl groups is 1. The van der Waals surface area contributed by atoms with E-state index in [-0.39, 0.29) is 29.0 Å². The number of carbonyl (C=O) groups excluding carboxylic acids is 1. The fourth-order valence-corrected chi connectivity index (χ4v) is 4.44. The summed E-state index contributed by atoms with van der Waals surface area (Å²) in [4.78, 5) is 16.8. The number of benzene rings is 3. The largest absolute Gasteiger partial charge is 0.507 e. The van der Waals surface area contributed by atoms with Gasteiger partial charge in [-0.05, 0) is 52.9 Å². The van der Waals surface area contributed by atoms with Crippen LogP contribution in [0.1, 0.15) is 63.8 Å². The van der Waals surface area contributed by atoms with Crippen molar-refractivity contribution < 1.29 is 9.90 Å². The van der Waals surface area contributed by atoms with Crippen molar-refractivity contribution in [2.24, 2.45) is 5.10 Å². The van der Waals surface area contributed by atoms with E-state index in [9.17, 15) is 9.90 Å². The molecule has 0 atom stereocenters. The van der Waals surface area contributed by atoms with Gasteiger partial charge in [0, 0.05) is 30.8 Å². The third kappa shape index (κ3) is 7.89. The molecule has 0 aromatic heterocycles. The summed E-state index contributed by atoms with van der Waals surface area (Å²) in [6, 6.07) is 18.9. The van der Waals surface area contributed by atoms with Crippen LogP contribution < -0.4 is 5.43 Å². The average Bonchev–Trinajstić information content (AvgIpc) is 2.82. The van der Waals surface area contributed by atoms with Crippen LogP contribution in [0, 0.1) is 0 Å². The van der Waals surface area contributed by atoms with Crippen LogP contribution in [0.25, 0.3) is 10.8 Å². The molecule has 38 heavy (non-hydrogen) atoms. The first kappa shape index (κ1) is 29.3. The van der Waals surface area contributed by atoms with Crippen LogP contribution >= 0.6 is 0 Å². The zero-order valence-corrected chi connectivity index (χ0v) is 24.3. The summed E-state index contributed by atoms with van der Waals surface area (Å²) in [6.45, 7) is 15.3. The number of fused-ring (bicyclic) bond motifs is 1. The Morgan fingerprint density at radius 2 is 1.58 bits per heavy atom. The maximum Gasteiger partial charge on any atom is 0.254 e. The number of rotatable bonds is 9. The molecule has 0 heterocycles. The Kier molecular flexibility index (Phi) is 9.34. The Morgan fingerprint density at radius 1 is 0.921 bits per heavy atom. The molecule has 0 aliphatic heterocycles. The molecule has 0 radical (unpaired) electrons. The van der Waals surface area contributed by atoms with E-state index in [1.807, 2.05) is 18.0 Å². The van der Waals surface area contributed by atoms with Crippen molar-refractivity contribution in [3.8, 4) is 5.75 Å². The van der Waals surface area contributed by atoms with Crippen molar-refractivity contribution in [1.82, 2.24) is 15.2 Å².